The van der Waals surface area contributed by atoms with E-state index in [2.05, 4.69) is 10.4 Å². The number of fused-ring (bicyclic) bond motifs is 1. The van der Waals surface area contributed by atoms with E-state index in [-0.39, 0.29) is 11.9 Å². The Balaban J connectivity index is 1.61. The summed E-state index contributed by atoms with van der Waals surface area (Å²) in [5.41, 5.74) is 1.90. The van der Waals surface area contributed by atoms with Crippen LogP contribution in [0, 0.1) is 6.92 Å². The molecule has 4 rings (SSSR count). The van der Waals surface area contributed by atoms with E-state index in [1.165, 1.54) is 11.3 Å². The number of thiophene rings is 1. The van der Waals surface area contributed by atoms with Crippen molar-refractivity contribution in [3.05, 3.63) is 47.0 Å². The lowest BCUT2D eigenvalue weighted by atomic mass is 9.94. The lowest BCUT2D eigenvalue weighted by Crippen LogP contribution is -2.37. The van der Waals surface area contributed by atoms with E-state index in [9.17, 15) is 9.59 Å². The van der Waals surface area contributed by atoms with Crippen LogP contribution in [-0.4, -0.2) is 27.5 Å². The monoisotopic (exact) mass is 353 g/mol. The van der Waals surface area contributed by atoms with Gasteiger partial charge in [-0.2, -0.15) is 5.10 Å². The first kappa shape index (κ1) is 16.0. The molecule has 25 heavy (non-hydrogen) atoms. The highest BCUT2D eigenvalue weighted by Crippen LogP contribution is 2.30. The molecule has 2 heterocycles. The number of rotatable bonds is 3. The molecule has 0 saturated heterocycles. The summed E-state index contributed by atoms with van der Waals surface area (Å²) in [7, 11) is 0. The molecule has 1 aliphatic carbocycles. The molecule has 1 fully saturated rings. The van der Waals surface area contributed by atoms with E-state index in [0.29, 0.717) is 23.5 Å². The molecule has 0 aliphatic heterocycles. The van der Waals surface area contributed by atoms with Crippen molar-refractivity contribution in [2.75, 3.05) is 0 Å². The molecular formula is C19H19N3O2S. The largest absolute Gasteiger partial charge is 0.349 e. The molecule has 2 aromatic heterocycles. The Morgan fingerprint density at radius 1 is 1.24 bits per heavy atom. The molecule has 128 valence electrons. The topological polar surface area (TPSA) is 64.0 Å². The van der Waals surface area contributed by atoms with E-state index < -0.39 is 0 Å². The fourth-order valence-corrected chi connectivity index (χ4v) is 4.33. The van der Waals surface area contributed by atoms with E-state index in [1.54, 1.807) is 0 Å². The van der Waals surface area contributed by atoms with Crippen LogP contribution in [0.2, 0.25) is 0 Å². The third-order valence-corrected chi connectivity index (χ3v) is 5.76. The minimum Gasteiger partial charge on any atom is -0.349 e. The molecule has 1 aliphatic rings. The van der Waals surface area contributed by atoms with Gasteiger partial charge in [-0.25, -0.2) is 4.68 Å². The number of aromatic nitrogens is 2. The van der Waals surface area contributed by atoms with Crippen molar-refractivity contribution >= 4 is 33.2 Å². The normalized spacial score (nSPS) is 15.6. The first-order valence-electron chi connectivity index (χ1n) is 8.49. The second-order valence-electron chi connectivity index (χ2n) is 6.45. The summed E-state index contributed by atoms with van der Waals surface area (Å²) in [6, 6.07) is 12.0. The maximum Gasteiger partial charge on any atom is 0.261 e. The smallest absolute Gasteiger partial charge is 0.261 e. The van der Waals surface area contributed by atoms with Crippen molar-refractivity contribution in [2.45, 2.75) is 38.6 Å². The average Bonchev–Trinajstić information content (AvgIpc) is 3.19. The Kier molecular flexibility index (Phi) is 4.13. The fourth-order valence-electron chi connectivity index (χ4n) is 3.24. The van der Waals surface area contributed by atoms with Crippen molar-refractivity contribution in [2.24, 2.45) is 0 Å². The van der Waals surface area contributed by atoms with Crippen LogP contribution in [0.25, 0.3) is 15.9 Å². The molecule has 0 unspecified atom stereocenters. The van der Waals surface area contributed by atoms with Crippen LogP contribution in [0.15, 0.2) is 36.4 Å². The number of nitrogens with one attached hydrogen (secondary N) is 1. The van der Waals surface area contributed by atoms with Crippen LogP contribution in [-0.2, 0) is 4.79 Å². The molecule has 6 heteroatoms. The van der Waals surface area contributed by atoms with Gasteiger partial charge in [-0.05, 0) is 38.0 Å². The molecule has 0 bridgehead atoms. The second kappa shape index (κ2) is 6.44. The molecule has 1 saturated carbocycles. The molecule has 5 nitrogen and oxygen atoms in total. The van der Waals surface area contributed by atoms with Gasteiger partial charge in [0, 0.05) is 24.3 Å². The zero-order chi connectivity index (χ0) is 17.4. The number of para-hydroxylation sites is 1. The highest BCUT2D eigenvalue weighted by atomic mass is 32.1. The Morgan fingerprint density at radius 3 is 2.68 bits per heavy atom. The fraction of sp³-hybridized carbons (Fsp3) is 0.316. The predicted molar refractivity (Wildman–Crippen MR) is 98.4 cm³/mol. The Labute approximate surface area is 149 Å². The molecule has 0 atom stereocenters. The summed E-state index contributed by atoms with van der Waals surface area (Å²) in [5.74, 6) is 0.241. The van der Waals surface area contributed by atoms with Crippen LogP contribution in [0.4, 0.5) is 0 Å². The van der Waals surface area contributed by atoms with Gasteiger partial charge in [-0.15, -0.1) is 11.3 Å². The van der Waals surface area contributed by atoms with Gasteiger partial charge in [0.05, 0.1) is 16.3 Å². The third kappa shape index (κ3) is 3.09. The van der Waals surface area contributed by atoms with E-state index >= 15 is 0 Å². The maximum absolute atomic E-state index is 12.6. The summed E-state index contributed by atoms with van der Waals surface area (Å²) in [5, 5.41) is 8.69. The zero-order valence-electron chi connectivity index (χ0n) is 14.0. The molecule has 1 amide bonds. The third-order valence-electron chi connectivity index (χ3n) is 4.65. The number of ketones is 1. The van der Waals surface area contributed by atoms with Crippen LogP contribution in [0.3, 0.4) is 0 Å². The van der Waals surface area contributed by atoms with Crippen molar-refractivity contribution in [1.29, 1.82) is 0 Å². The van der Waals surface area contributed by atoms with Gasteiger partial charge in [-0.1, -0.05) is 18.2 Å². The average molecular weight is 353 g/mol. The van der Waals surface area contributed by atoms with Gasteiger partial charge >= 0.3 is 0 Å². The molecule has 1 aromatic carbocycles. The minimum atomic E-state index is -0.0560. The number of carbonyl (C=O) groups excluding carboxylic acids is 2. The van der Waals surface area contributed by atoms with E-state index in [4.69, 9.17) is 0 Å². The van der Waals surface area contributed by atoms with Gasteiger partial charge in [0.2, 0.25) is 0 Å². The summed E-state index contributed by atoms with van der Waals surface area (Å²) in [6.45, 7) is 1.96. The van der Waals surface area contributed by atoms with Crippen molar-refractivity contribution in [1.82, 2.24) is 15.1 Å². The number of hydrogen-bond donors (Lipinski definition) is 1. The van der Waals surface area contributed by atoms with Crippen molar-refractivity contribution in [3.8, 4) is 5.69 Å². The summed E-state index contributed by atoms with van der Waals surface area (Å²) >= 11 is 1.46. The van der Waals surface area contributed by atoms with Crippen molar-refractivity contribution in [3.63, 3.8) is 0 Å². The van der Waals surface area contributed by atoms with Gasteiger partial charge in [0.15, 0.2) is 0 Å². The SMILES string of the molecule is Cc1nn(-c2ccccc2)c2sc(C(=O)NC3CCC(=O)CC3)cc12. The number of amides is 1. The molecule has 1 N–H and O–H groups in total. The molecule has 0 radical (unpaired) electrons. The van der Waals surface area contributed by atoms with Crippen molar-refractivity contribution < 1.29 is 9.59 Å². The summed E-state index contributed by atoms with van der Waals surface area (Å²) in [6.07, 6.45) is 2.62. The van der Waals surface area contributed by atoms with Gasteiger partial charge in [0.1, 0.15) is 10.6 Å². The number of hydrogen-bond acceptors (Lipinski definition) is 4. The Morgan fingerprint density at radius 2 is 1.96 bits per heavy atom. The van der Waals surface area contributed by atoms with E-state index in [1.807, 2.05) is 48.0 Å². The van der Waals surface area contributed by atoms with Crippen LogP contribution < -0.4 is 5.32 Å². The summed E-state index contributed by atoms with van der Waals surface area (Å²) < 4.78 is 1.89. The Bertz CT molecular complexity index is 932. The molecule has 3 aromatic rings. The molecule has 0 spiro atoms. The first-order valence-corrected chi connectivity index (χ1v) is 9.30. The van der Waals surface area contributed by atoms with E-state index in [0.717, 1.165) is 34.4 Å². The number of aryl methyl sites for hydroxylation is 1. The predicted octanol–water partition coefficient (Wildman–Crippen LogP) is 3.64. The van der Waals surface area contributed by atoms with Gasteiger partial charge in [-0.3, -0.25) is 9.59 Å². The number of benzene rings is 1. The first-order chi connectivity index (χ1) is 12.1. The zero-order valence-corrected chi connectivity index (χ0v) is 14.8. The lowest BCUT2D eigenvalue weighted by Gasteiger charge is -2.21. The van der Waals surface area contributed by atoms with Crippen LogP contribution in [0.5, 0.6) is 0 Å². The minimum absolute atomic E-state index is 0.0560. The van der Waals surface area contributed by atoms with Crippen LogP contribution >= 0.6 is 11.3 Å². The highest BCUT2D eigenvalue weighted by molar-refractivity contribution is 7.20. The highest BCUT2D eigenvalue weighted by Gasteiger charge is 2.23. The maximum atomic E-state index is 12.6. The standard InChI is InChI=1S/C19H19N3O2S/c1-12-16-11-17(18(24)20-13-7-9-15(23)10-8-13)25-19(16)22(21-12)14-5-3-2-4-6-14/h2-6,11,13H,7-10H2,1H3,(H,20,24). The van der Waals surface area contributed by atoms with Gasteiger partial charge < -0.3 is 5.32 Å². The molecular weight excluding hydrogens is 334 g/mol. The second-order valence-corrected chi connectivity index (χ2v) is 7.48. The lowest BCUT2D eigenvalue weighted by molar-refractivity contribution is -0.120. The number of carbonyl (C=O) groups is 2. The number of Topliss-reactive ketones (excluding diaryl/α,β-unsaturated/α-hetero) is 1. The summed E-state index contributed by atoms with van der Waals surface area (Å²) in [4.78, 5) is 25.6. The Hall–Kier alpha value is -2.47. The quantitative estimate of drug-likeness (QED) is 0.782. The van der Waals surface area contributed by atoms with Gasteiger partial charge in [0.25, 0.3) is 5.91 Å². The van der Waals surface area contributed by atoms with Crippen LogP contribution in [0.1, 0.15) is 41.0 Å². The number of nitrogens with zero attached hydrogens (tertiary/aromatic N) is 2.